The summed E-state index contributed by atoms with van der Waals surface area (Å²) in [6.45, 7) is 2.05. The molecule has 1 amide bonds. The van der Waals surface area contributed by atoms with Crippen molar-refractivity contribution in [3.63, 3.8) is 0 Å². The molecule has 0 bridgehead atoms. The second kappa shape index (κ2) is 6.67. The Morgan fingerprint density at radius 1 is 1.08 bits per heavy atom. The first kappa shape index (κ1) is 16.4. The molecule has 1 aliphatic heterocycles. The number of fused-ring (bicyclic) bond motifs is 1. The standard InChI is InChI=1S/C19H18IN3O2/c20-15-10-13(7-8-14(15)12-22-9-3-6-18(22)24)11-23-17-5-2-1-4-16(17)21-19(23)25/h1-2,4-5,7-8,10H,3,6,9,11-12H2,(H,21,25). The average Bonchev–Trinajstić information content (AvgIpc) is 3.14. The van der Waals surface area contributed by atoms with Gasteiger partial charge in [-0.2, -0.15) is 0 Å². The largest absolute Gasteiger partial charge is 0.338 e. The summed E-state index contributed by atoms with van der Waals surface area (Å²) in [6.07, 6.45) is 1.62. The number of para-hydroxylation sites is 2. The van der Waals surface area contributed by atoms with Crippen LogP contribution in [-0.4, -0.2) is 26.9 Å². The summed E-state index contributed by atoms with van der Waals surface area (Å²) < 4.78 is 2.88. The molecule has 3 aromatic rings. The van der Waals surface area contributed by atoms with Crippen molar-refractivity contribution in [1.82, 2.24) is 14.5 Å². The number of rotatable bonds is 4. The summed E-state index contributed by atoms with van der Waals surface area (Å²) in [7, 11) is 0. The Morgan fingerprint density at radius 2 is 1.92 bits per heavy atom. The summed E-state index contributed by atoms with van der Waals surface area (Å²) in [4.78, 5) is 28.8. The topological polar surface area (TPSA) is 58.1 Å². The lowest BCUT2D eigenvalue weighted by Gasteiger charge is -2.17. The van der Waals surface area contributed by atoms with Gasteiger partial charge in [0.15, 0.2) is 0 Å². The number of amides is 1. The van der Waals surface area contributed by atoms with Gasteiger partial charge in [0, 0.05) is 23.1 Å². The number of benzene rings is 2. The molecular formula is C19H18IN3O2. The molecule has 25 heavy (non-hydrogen) atoms. The van der Waals surface area contributed by atoms with Gasteiger partial charge in [0.05, 0.1) is 17.6 Å². The zero-order valence-electron chi connectivity index (χ0n) is 13.7. The number of carbonyl (C=O) groups is 1. The summed E-state index contributed by atoms with van der Waals surface area (Å²) in [5, 5.41) is 0. The molecule has 2 heterocycles. The average molecular weight is 447 g/mol. The van der Waals surface area contributed by atoms with E-state index in [-0.39, 0.29) is 11.6 Å². The van der Waals surface area contributed by atoms with E-state index in [4.69, 9.17) is 0 Å². The summed E-state index contributed by atoms with van der Waals surface area (Å²) in [6, 6.07) is 13.9. The van der Waals surface area contributed by atoms with Crippen molar-refractivity contribution in [3.05, 3.63) is 67.6 Å². The van der Waals surface area contributed by atoms with Crippen LogP contribution in [-0.2, 0) is 17.9 Å². The molecular weight excluding hydrogens is 429 g/mol. The highest BCUT2D eigenvalue weighted by molar-refractivity contribution is 14.1. The molecule has 0 spiro atoms. The van der Waals surface area contributed by atoms with E-state index in [9.17, 15) is 9.59 Å². The first-order valence-electron chi connectivity index (χ1n) is 8.34. The van der Waals surface area contributed by atoms with Crippen molar-refractivity contribution < 1.29 is 4.79 Å². The van der Waals surface area contributed by atoms with Crippen molar-refractivity contribution in [2.24, 2.45) is 0 Å². The Labute approximate surface area is 158 Å². The SMILES string of the molecule is O=C1CCCN1Cc1ccc(Cn2c(=O)[nH]c3ccccc32)cc1I. The molecule has 0 saturated carbocycles. The van der Waals surface area contributed by atoms with Gasteiger partial charge in [-0.25, -0.2) is 4.79 Å². The van der Waals surface area contributed by atoms with E-state index in [1.807, 2.05) is 35.2 Å². The highest BCUT2D eigenvalue weighted by Crippen LogP contribution is 2.21. The zero-order chi connectivity index (χ0) is 17.4. The van der Waals surface area contributed by atoms with Crippen LogP contribution in [0.2, 0.25) is 0 Å². The van der Waals surface area contributed by atoms with Gasteiger partial charge >= 0.3 is 5.69 Å². The van der Waals surface area contributed by atoms with E-state index in [1.165, 1.54) is 0 Å². The van der Waals surface area contributed by atoms with E-state index in [0.717, 1.165) is 38.7 Å². The van der Waals surface area contributed by atoms with Crippen LogP contribution in [0.5, 0.6) is 0 Å². The van der Waals surface area contributed by atoms with Gasteiger partial charge in [-0.05, 0) is 58.3 Å². The molecule has 0 atom stereocenters. The Hall–Kier alpha value is -2.09. The van der Waals surface area contributed by atoms with E-state index in [1.54, 1.807) is 4.57 Å². The Kier molecular flexibility index (Phi) is 4.37. The number of halogens is 1. The number of aromatic amines is 1. The third-order valence-corrected chi connectivity index (χ3v) is 5.68. The molecule has 4 rings (SSSR count). The number of hydrogen-bond acceptors (Lipinski definition) is 2. The van der Waals surface area contributed by atoms with E-state index in [2.05, 4.69) is 39.7 Å². The number of nitrogens with one attached hydrogen (secondary N) is 1. The minimum absolute atomic E-state index is 0.0945. The third-order valence-electron chi connectivity index (χ3n) is 4.67. The first-order chi connectivity index (χ1) is 12.1. The van der Waals surface area contributed by atoms with Gasteiger partial charge in [0.25, 0.3) is 0 Å². The maximum atomic E-state index is 12.2. The van der Waals surface area contributed by atoms with Crippen LogP contribution in [0.1, 0.15) is 24.0 Å². The quantitative estimate of drug-likeness (QED) is 0.626. The number of carbonyl (C=O) groups excluding carboxylic acids is 1. The van der Waals surface area contributed by atoms with Crippen molar-refractivity contribution >= 4 is 39.5 Å². The normalized spacial score (nSPS) is 14.6. The molecule has 5 nitrogen and oxygen atoms in total. The number of imidazole rings is 1. The highest BCUT2D eigenvalue weighted by Gasteiger charge is 2.20. The van der Waals surface area contributed by atoms with Crippen molar-refractivity contribution in [2.45, 2.75) is 25.9 Å². The Bertz CT molecular complexity index is 1010. The summed E-state index contributed by atoms with van der Waals surface area (Å²) in [5.41, 5.74) is 3.90. The van der Waals surface area contributed by atoms with Crippen molar-refractivity contribution in [3.8, 4) is 0 Å². The molecule has 1 aromatic heterocycles. The van der Waals surface area contributed by atoms with Crippen LogP contribution < -0.4 is 5.69 Å². The van der Waals surface area contributed by atoms with Gasteiger partial charge in [-0.15, -0.1) is 0 Å². The number of aromatic nitrogens is 2. The molecule has 1 N–H and O–H groups in total. The fraction of sp³-hybridized carbons (Fsp3) is 0.263. The van der Waals surface area contributed by atoms with Crippen LogP contribution in [0.3, 0.4) is 0 Å². The second-order valence-corrected chi connectivity index (χ2v) is 7.54. The number of nitrogens with zero attached hydrogens (tertiary/aromatic N) is 2. The van der Waals surface area contributed by atoms with Gasteiger partial charge < -0.3 is 9.88 Å². The third kappa shape index (κ3) is 3.22. The fourth-order valence-electron chi connectivity index (χ4n) is 3.34. The highest BCUT2D eigenvalue weighted by atomic mass is 127. The van der Waals surface area contributed by atoms with Gasteiger partial charge in [0.1, 0.15) is 0 Å². The minimum atomic E-state index is -0.0945. The Balaban J connectivity index is 1.59. The van der Waals surface area contributed by atoms with Crippen molar-refractivity contribution in [2.75, 3.05) is 6.54 Å². The molecule has 2 aromatic carbocycles. The fourth-order valence-corrected chi connectivity index (χ4v) is 4.09. The maximum Gasteiger partial charge on any atom is 0.326 e. The molecule has 0 aliphatic carbocycles. The first-order valence-corrected chi connectivity index (χ1v) is 9.42. The van der Waals surface area contributed by atoms with Crippen LogP contribution in [0, 0.1) is 3.57 Å². The van der Waals surface area contributed by atoms with Crippen LogP contribution in [0.15, 0.2) is 47.3 Å². The maximum absolute atomic E-state index is 12.2. The Morgan fingerprint density at radius 3 is 2.68 bits per heavy atom. The number of H-pyrrole nitrogens is 1. The van der Waals surface area contributed by atoms with Crippen LogP contribution in [0.4, 0.5) is 0 Å². The van der Waals surface area contributed by atoms with Gasteiger partial charge in [0.2, 0.25) is 5.91 Å². The van der Waals surface area contributed by atoms with Crippen LogP contribution >= 0.6 is 22.6 Å². The zero-order valence-corrected chi connectivity index (χ0v) is 15.8. The monoisotopic (exact) mass is 447 g/mol. The molecule has 6 heteroatoms. The summed E-state index contributed by atoms with van der Waals surface area (Å²) >= 11 is 2.31. The lowest BCUT2D eigenvalue weighted by molar-refractivity contribution is -0.128. The molecule has 1 fully saturated rings. The van der Waals surface area contributed by atoms with Crippen molar-refractivity contribution in [1.29, 1.82) is 0 Å². The van der Waals surface area contributed by atoms with E-state index in [0.29, 0.717) is 19.5 Å². The minimum Gasteiger partial charge on any atom is -0.338 e. The van der Waals surface area contributed by atoms with E-state index >= 15 is 0 Å². The summed E-state index contributed by atoms with van der Waals surface area (Å²) in [5.74, 6) is 0.241. The number of likely N-dealkylation sites (tertiary alicyclic amines) is 1. The smallest absolute Gasteiger partial charge is 0.326 e. The molecule has 1 saturated heterocycles. The second-order valence-electron chi connectivity index (χ2n) is 6.38. The van der Waals surface area contributed by atoms with Gasteiger partial charge in [-0.3, -0.25) is 9.36 Å². The lowest BCUT2D eigenvalue weighted by Crippen LogP contribution is -2.24. The molecule has 0 unspecified atom stereocenters. The van der Waals surface area contributed by atoms with E-state index < -0.39 is 0 Å². The predicted molar refractivity (Wildman–Crippen MR) is 105 cm³/mol. The predicted octanol–water partition coefficient (Wildman–Crippen LogP) is 3.10. The number of hydrogen-bond donors (Lipinski definition) is 1. The molecule has 0 radical (unpaired) electrons. The molecule has 1 aliphatic rings. The van der Waals surface area contributed by atoms with Crippen LogP contribution in [0.25, 0.3) is 11.0 Å². The van der Waals surface area contributed by atoms with Gasteiger partial charge in [-0.1, -0.05) is 24.3 Å². The lowest BCUT2D eigenvalue weighted by atomic mass is 10.1. The molecule has 128 valence electrons.